The van der Waals surface area contributed by atoms with Gasteiger partial charge in [0.2, 0.25) is 0 Å². The van der Waals surface area contributed by atoms with Crippen LogP contribution in [0.1, 0.15) is 11.1 Å². The van der Waals surface area contributed by atoms with Gasteiger partial charge in [-0.25, -0.2) is 4.98 Å². The molecule has 1 aliphatic rings. The molecule has 2 rings (SSSR count). The fourth-order valence-electron chi connectivity index (χ4n) is 1.81. The predicted octanol–water partition coefficient (Wildman–Crippen LogP) is 1.54. The monoisotopic (exact) mass is 192 g/mol. The van der Waals surface area contributed by atoms with Crippen LogP contribution in [0, 0.1) is 13.8 Å². The quantitative estimate of drug-likeness (QED) is 0.674. The molecule has 1 aliphatic heterocycles. The van der Waals surface area contributed by atoms with Gasteiger partial charge in [0.25, 0.3) is 0 Å². The van der Waals surface area contributed by atoms with Crippen LogP contribution in [-0.4, -0.2) is 31.3 Å². The zero-order chi connectivity index (χ0) is 9.97. The van der Waals surface area contributed by atoms with E-state index in [1.807, 2.05) is 6.20 Å². The molecule has 1 fully saturated rings. The van der Waals surface area contributed by atoms with Crippen LogP contribution in [0.2, 0.25) is 0 Å². The van der Waals surface area contributed by atoms with Gasteiger partial charge in [-0.1, -0.05) is 6.07 Å². The highest BCUT2D eigenvalue weighted by Crippen LogP contribution is 2.18. The van der Waals surface area contributed by atoms with Crippen molar-refractivity contribution in [1.29, 1.82) is 0 Å². The van der Waals surface area contributed by atoms with Gasteiger partial charge in [0, 0.05) is 19.3 Å². The molecule has 0 bridgehead atoms. The first-order chi connectivity index (χ1) is 6.77. The summed E-state index contributed by atoms with van der Waals surface area (Å²) >= 11 is 0. The van der Waals surface area contributed by atoms with E-state index in [9.17, 15) is 0 Å². The van der Waals surface area contributed by atoms with Crippen molar-refractivity contribution in [2.75, 3.05) is 31.2 Å². The van der Waals surface area contributed by atoms with Gasteiger partial charge in [0.05, 0.1) is 13.2 Å². The Kier molecular flexibility index (Phi) is 2.68. The van der Waals surface area contributed by atoms with E-state index in [0.29, 0.717) is 0 Å². The molecule has 3 heteroatoms. The number of morpholine rings is 1. The number of pyridine rings is 1. The zero-order valence-electron chi connectivity index (χ0n) is 8.79. The second kappa shape index (κ2) is 3.96. The van der Waals surface area contributed by atoms with Crippen molar-refractivity contribution in [2.24, 2.45) is 0 Å². The van der Waals surface area contributed by atoms with Crippen molar-refractivity contribution in [3.63, 3.8) is 0 Å². The lowest BCUT2D eigenvalue weighted by Crippen LogP contribution is -2.37. The number of hydrogen-bond donors (Lipinski definition) is 0. The Bertz CT molecular complexity index is 319. The van der Waals surface area contributed by atoms with Gasteiger partial charge in [-0.05, 0) is 25.0 Å². The van der Waals surface area contributed by atoms with E-state index in [2.05, 4.69) is 29.8 Å². The summed E-state index contributed by atoms with van der Waals surface area (Å²) in [5.74, 6) is 1.11. The number of hydrogen-bond acceptors (Lipinski definition) is 3. The molecule has 0 unspecified atom stereocenters. The summed E-state index contributed by atoms with van der Waals surface area (Å²) in [4.78, 5) is 6.76. The molecule has 0 aromatic carbocycles. The highest BCUT2D eigenvalue weighted by atomic mass is 16.5. The molecule has 0 aliphatic carbocycles. The number of rotatable bonds is 1. The molecule has 0 spiro atoms. The van der Waals surface area contributed by atoms with E-state index in [-0.39, 0.29) is 0 Å². The Labute approximate surface area is 84.7 Å². The molecule has 0 N–H and O–H groups in total. The van der Waals surface area contributed by atoms with Crippen LogP contribution in [0.5, 0.6) is 0 Å². The SMILES string of the molecule is Cc1cnc(N2CCOCC2)c(C)c1. The third-order valence-corrected chi connectivity index (χ3v) is 2.50. The van der Waals surface area contributed by atoms with E-state index < -0.39 is 0 Å². The first-order valence-corrected chi connectivity index (χ1v) is 5.03. The summed E-state index contributed by atoms with van der Waals surface area (Å²) in [5.41, 5.74) is 2.48. The topological polar surface area (TPSA) is 25.4 Å². The van der Waals surface area contributed by atoms with Crippen molar-refractivity contribution >= 4 is 5.82 Å². The number of aromatic nitrogens is 1. The maximum Gasteiger partial charge on any atom is 0.131 e. The van der Waals surface area contributed by atoms with E-state index in [0.717, 1.165) is 32.1 Å². The molecule has 0 atom stereocenters. The number of nitrogens with zero attached hydrogens (tertiary/aromatic N) is 2. The fraction of sp³-hybridized carbons (Fsp3) is 0.545. The lowest BCUT2D eigenvalue weighted by atomic mass is 10.2. The average Bonchev–Trinajstić information content (AvgIpc) is 2.19. The van der Waals surface area contributed by atoms with Crippen molar-refractivity contribution in [3.05, 3.63) is 23.4 Å². The number of aryl methyl sites for hydroxylation is 2. The third-order valence-electron chi connectivity index (χ3n) is 2.50. The summed E-state index contributed by atoms with van der Waals surface area (Å²) in [5, 5.41) is 0. The summed E-state index contributed by atoms with van der Waals surface area (Å²) in [6, 6.07) is 2.18. The van der Waals surface area contributed by atoms with Gasteiger partial charge < -0.3 is 9.64 Å². The largest absolute Gasteiger partial charge is 0.378 e. The second-order valence-corrected chi connectivity index (χ2v) is 3.75. The van der Waals surface area contributed by atoms with Crippen LogP contribution >= 0.6 is 0 Å². The predicted molar refractivity (Wildman–Crippen MR) is 56.7 cm³/mol. The summed E-state index contributed by atoms with van der Waals surface area (Å²) in [6.45, 7) is 7.73. The van der Waals surface area contributed by atoms with E-state index in [1.54, 1.807) is 0 Å². The number of ether oxygens (including phenoxy) is 1. The molecular formula is C11H16N2O. The first-order valence-electron chi connectivity index (χ1n) is 5.03. The molecule has 3 nitrogen and oxygen atoms in total. The molecule has 76 valence electrons. The molecule has 0 amide bonds. The van der Waals surface area contributed by atoms with E-state index >= 15 is 0 Å². The van der Waals surface area contributed by atoms with E-state index in [1.165, 1.54) is 11.1 Å². The minimum absolute atomic E-state index is 0.814. The normalized spacial score (nSPS) is 17.1. The van der Waals surface area contributed by atoms with Crippen molar-refractivity contribution in [3.8, 4) is 0 Å². The van der Waals surface area contributed by atoms with Crippen LogP contribution < -0.4 is 4.90 Å². The van der Waals surface area contributed by atoms with Crippen LogP contribution in [0.3, 0.4) is 0 Å². The lowest BCUT2D eigenvalue weighted by Gasteiger charge is -2.29. The smallest absolute Gasteiger partial charge is 0.131 e. The molecule has 1 saturated heterocycles. The van der Waals surface area contributed by atoms with Gasteiger partial charge in [-0.3, -0.25) is 0 Å². The molecule has 0 radical (unpaired) electrons. The molecule has 0 saturated carbocycles. The highest BCUT2D eigenvalue weighted by Gasteiger charge is 2.13. The Morgan fingerprint density at radius 3 is 2.64 bits per heavy atom. The molecule has 2 heterocycles. The van der Waals surface area contributed by atoms with Crippen molar-refractivity contribution in [1.82, 2.24) is 4.98 Å². The Morgan fingerprint density at radius 2 is 2.00 bits per heavy atom. The second-order valence-electron chi connectivity index (χ2n) is 3.75. The van der Waals surface area contributed by atoms with E-state index in [4.69, 9.17) is 4.74 Å². The van der Waals surface area contributed by atoms with Gasteiger partial charge in [0.1, 0.15) is 5.82 Å². The Morgan fingerprint density at radius 1 is 1.29 bits per heavy atom. The van der Waals surface area contributed by atoms with Crippen LogP contribution in [-0.2, 0) is 4.74 Å². The first kappa shape index (κ1) is 9.46. The molecule has 1 aromatic rings. The summed E-state index contributed by atoms with van der Waals surface area (Å²) < 4.78 is 5.32. The van der Waals surface area contributed by atoms with Gasteiger partial charge in [-0.2, -0.15) is 0 Å². The van der Waals surface area contributed by atoms with Crippen molar-refractivity contribution in [2.45, 2.75) is 13.8 Å². The zero-order valence-corrected chi connectivity index (χ0v) is 8.79. The Hall–Kier alpha value is -1.09. The highest BCUT2D eigenvalue weighted by molar-refractivity contribution is 5.47. The van der Waals surface area contributed by atoms with Gasteiger partial charge >= 0.3 is 0 Å². The standard InChI is InChI=1S/C11H16N2O/c1-9-7-10(2)11(12-8-9)13-3-5-14-6-4-13/h7-8H,3-6H2,1-2H3. The van der Waals surface area contributed by atoms with Crippen LogP contribution in [0.15, 0.2) is 12.3 Å². The maximum absolute atomic E-state index is 5.32. The fourth-order valence-corrected chi connectivity index (χ4v) is 1.81. The summed E-state index contributed by atoms with van der Waals surface area (Å²) in [6.07, 6.45) is 1.93. The average molecular weight is 192 g/mol. The summed E-state index contributed by atoms with van der Waals surface area (Å²) in [7, 11) is 0. The third kappa shape index (κ3) is 1.87. The number of anilines is 1. The minimum atomic E-state index is 0.814. The van der Waals surface area contributed by atoms with Crippen molar-refractivity contribution < 1.29 is 4.74 Å². The van der Waals surface area contributed by atoms with Crippen LogP contribution in [0.25, 0.3) is 0 Å². The molecular weight excluding hydrogens is 176 g/mol. The molecule has 1 aromatic heterocycles. The Balaban J connectivity index is 2.22. The van der Waals surface area contributed by atoms with Crippen LogP contribution in [0.4, 0.5) is 5.82 Å². The van der Waals surface area contributed by atoms with Gasteiger partial charge in [-0.15, -0.1) is 0 Å². The minimum Gasteiger partial charge on any atom is -0.378 e. The van der Waals surface area contributed by atoms with Gasteiger partial charge in [0.15, 0.2) is 0 Å². The lowest BCUT2D eigenvalue weighted by molar-refractivity contribution is 0.122. The molecule has 14 heavy (non-hydrogen) atoms. The maximum atomic E-state index is 5.32.